The Bertz CT molecular complexity index is 575. The van der Waals surface area contributed by atoms with E-state index in [2.05, 4.69) is 11.9 Å². The van der Waals surface area contributed by atoms with Gasteiger partial charge in [0.15, 0.2) is 0 Å². The van der Waals surface area contributed by atoms with Gasteiger partial charge in [0.25, 0.3) is 5.91 Å². The summed E-state index contributed by atoms with van der Waals surface area (Å²) in [5.41, 5.74) is 0.283. The maximum Gasteiger partial charge on any atom is 0.255 e. The van der Waals surface area contributed by atoms with Crippen LogP contribution < -0.4 is 5.32 Å². The van der Waals surface area contributed by atoms with Crippen LogP contribution in [0.25, 0.3) is 10.8 Å². The molecule has 0 unspecified atom stereocenters. The summed E-state index contributed by atoms with van der Waals surface area (Å²) >= 11 is 0. The van der Waals surface area contributed by atoms with Gasteiger partial charge in [0.1, 0.15) is 5.75 Å². The summed E-state index contributed by atoms with van der Waals surface area (Å²) in [4.78, 5) is 11.7. The van der Waals surface area contributed by atoms with Crippen molar-refractivity contribution in [3.8, 4) is 5.75 Å². The fourth-order valence-electron chi connectivity index (χ4n) is 1.67. The second-order valence-corrected chi connectivity index (χ2v) is 3.72. The molecule has 0 aliphatic rings. The van der Waals surface area contributed by atoms with E-state index in [4.69, 9.17) is 0 Å². The van der Waals surface area contributed by atoms with Crippen LogP contribution >= 0.6 is 0 Å². The minimum absolute atomic E-state index is 0.00902. The van der Waals surface area contributed by atoms with Crippen molar-refractivity contribution in [2.75, 3.05) is 6.54 Å². The summed E-state index contributed by atoms with van der Waals surface area (Å²) in [5, 5.41) is 14.3. The second-order valence-electron chi connectivity index (χ2n) is 3.72. The Morgan fingerprint density at radius 1 is 1.29 bits per heavy atom. The van der Waals surface area contributed by atoms with Crippen LogP contribution in [0.4, 0.5) is 0 Å². The molecule has 0 fully saturated rings. The maximum absolute atomic E-state index is 11.7. The highest BCUT2D eigenvalue weighted by Gasteiger charge is 2.11. The Hall–Kier alpha value is -2.29. The molecule has 0 aliphatic heterocycles. The average molecular weight is 227 g/mol. The summed E-state index contributed by atoms with van der Waals surface area (Å²) < 4.78 is 0. The highest BCUT2D eigenvalue weighted by atomic mass is 16.3. The van der Waals surface area contributed by atoms with Gasteiger partial charge in [-0.25, -0.2) is 0 Å². The molecule has 0 aromatic heterocycles. The van der Waals surface area contributed by atoms with Gasteiger partial charge in [-0.1, -0.05) is 30.3 Å². The Kier molecular flexibility index (Phi) is 3.10. The number of rotatable bonds is 3. The summed E-state index contributed by atoms with van der Waals surface area (Å²) in [7, 11) is 0. The zero-order valence-electron chi connectivity index (χ0n) is 9.31. The lowest BCUT2D eigenvalue weighted by molar-refractivity contribution is 0.0955. The van der Waals surface area contributed by atoms with E-state index < -0.39 is 0 Å². The van der Waals surface area contributed by atoms with Gasteiger partial charge >= 0.3 is 0 Å². The number of benzene rings is 2. The molecule has 0 saturated heterocycles. The number of phenolic OH excluding ortho intramolecular Hbond substituents is 1. The molecule has 86 valence electrons. The molecule has 1 amide bonds. The quantitative estimate of drug-likeness (QED) is 0.791. The molecule has 0 atom stereocenters. The van der Waals surface area contributed by atoms with Gasteiger partial charge in [0, 0.05) is 6.54 Å². The predicted octanol–water partition coefficient (Wildman–Crippen LogP) is 2.46. The number of hydrogen-bond donors (Lipinski definition) is 2. The van der Waals surface area contributed by atoms with E-state index in [1.807, 2.05) is 24.3 Å². The van der Waals surface area contributed by atoms with E-state index >= 15 is 0 Å². The number of hydrogen-bond acceptors (Lipinski definition) is 2. The van der Waals surface area contributed by atoms with E-state index in [-0.39, 0.29) is 17.2 Å². The molecule has 2 rings (SSSR count). The second kappa shape index (κ2) is 4.70. The fraction of sp³-hybridized carbons (Fsp3) is 0.0714. The minimum Gasteiger partial charge on any atom is -0.507 e. The van der Waals surface area contributed by atoms with Gasteiger partial charge in [0.2, 0.25) is 0 Å². The Labute approximate surface area is 99.4 Å². The van der Waals surface area contributed by atoms with Crippen LogP contribution in [0.2, 0.25) is 0 Å². The monoisotopic (exact) mass is 227 g/mol. The fourth-order valence-corrected chi connectivity index (χ4v) is 1.67. The van der Waals surface area contributed by atoms with Gasteiger partial charge in [0.05, 0.1) is 5.56 Å². The predicted molar refractivity (Wildman–Crippen MR) is 68.1 cm³/mol. The minimum atomic E-state index is -0.298. The average Bonchev–Trinajstić information content (AvgIpc) is 2.35. The van der Waals surface area contributed by atoms with Crippen LogP contribution in [0.5, 0.6) is 5.75 Å². The zero-order valence-corrected chi connectivity index (χ0v) is 9.31. The third kappa shape index (κ3) is 2.28. The number of aromatic hydroxyl groups is 1. The zero-order chi connectivity index (χ0) is 12.3. The lowest BCUT2D eigenvalue weighted by atomic mass is 10.1. The van der Waals surface area contributed by atoms with Gasteiger partial charge in [-0.15, -0.1) is 6.58 Å². The standard InChI is InChI=1S/C14H13NO2/c1-2-7-15-14(17)12-8-10-5-3-4-6-11(10)9-13(12)16/h2-6,8-9,16H,1,7H2,(H,15,17). The van der Waals surface area contributed by atoms with Crippen molar-refractivity contribution >= 4 is 16.7 Å². The first-order valence-electron chi connectivity index (χ1n) is 5.33. The van der Waals surface area contributed by atoms with E-state index in [9.17, 15) is 9.90 Å². The molecule has 2 aromatic rings. The Morgan fingerprint density at radius 3 is 2.59 bits per heavy atom. The molecule has 0 spiro atoms. The number of carbonyl (C=O) groups is 1. The molecular formula is C14H13NO2. The van der Waals surface area contributed by atoms with Gasteiger partial charge in [-0.2, -0.15) is 0 Å². The van der Waals surface area contributed by atoms with E-state index in [0.29, 0.717) is 6.54 Å². The molecule has 2 N–H and O–H groups in total. The highest BCUT2D eigenvalue weighted by molar-refractivity contribution is 6.01. The normalized spacial score (nSPS) is 10.1. The molecule has 0 bridgehead atoms. The van der Waals surface area contributed by atoms with Crippen molar-refractivity contribution in [2.24, 2.45) is 0 Å². The number of nitrogens with one attached hydrogen (secondary N) is 1. The SMILES string of the molecule is C=CCNC(=O)c1cc2ccccc2cc1O. The summed E-state index contributed by atoms with van der Waals surface area (Å²) in [6.45, 7) is 3.90. The Balaban J connectivity index is 2.43. The lowest BCUT2D eigenvalue weighted by Crippen LogP contribution is -2.23. The van der Waals surface area contributed by atoms with Crippen molar-refractivity contribution in [1.29, 1.82) is 0 Å². The van der Waals surface area contributed by atoms with Crippen molar-refractivity contribution in [1.82, 2.24) is 5.32 Å². The van der Waals surface area contributed by atoms with Crippen molar-refractivity contribution in [3.05, 3.63) is 54.6 Å². The van der Waals surface area contributed by atoms with Crippen molar-refractivity contribution in [3.63, 3.8) is 0 Å². The smallest absolute Gasteiger partial charge is 0.255 e. The third-order valence-corrected chi connectivity index (χ3v) is 2.52. The largest absolute Gasteiger partial charge is 0.507 e. The molecule has 0 radical (unpaired) electrons. The van der Waals surface area contributed by atoms with Crippen LogP contribution in [-0.2, 0) is 0 Å². The lowest BCUT2D eigenvalue weighted by Gasteiger charge is -2.06. The van der Waals surface area contributed by atoms with Crippen molar-refractivity contribution in [2.45, 2.75) is 0 Å². The number of phenols is 1. The van der Waals surface area contributed by atoms with Crippen LogP contribution in [0.1, 0.15) is 10.4 Å². The number of carbonyl (C=O) groups excluding carboxylic acids is 1. The first-order chi connectivity index (χ1) is 8.22. The molecule has 0 saturated carbocycles. The van der Waals surface area contributed by atoms with E-state index in [0.717, 1.165) is 10.8 Å². The molecule has 0 aliphatic carbocycles. The van der Waals surface area contributed by atoms with Gasteiger partial charge in [-0.3, -0.25) is 4.79 Å². The van der Waals surface area contributed by atoms with Gasteiger partial charge < -0.3 is 10.4 Å². The molecule has 2 aromatic carbocycles. The molecular weight excluding hydrogens is 214 g/mol. The van der Waals surface area contributed by atoms with E-state index in [1.54, 1.807) is 18.2 Å². The van der Waals surface area contributed by atoms with E-state index in [1.165, 1.54) is 0 Å². The third-order valence-electron chi connectivity index (χ3n) is 2.52. The Morgan fingerprint density at radius 2 is 1.94 bits per heavy atom. The first kappa shape index (κ1) is 11.2. The number of fused-ring (bicyclic) bond motifs is 1. The van der Waals surface area contributed by atoms with Gasteiger partial charge in [-0.05, 0) is 22.9 Å². The van der Waals surface area contributed by atoms with Crippen LogP contribution in [0, 0.1) is 0 Å². The maximum atomic E-state index is 11.7. The van der Waals surface area contributed by atoms with Crippen LogP contribution in [0.15, 0.2) is 49.1 Å². The summed E-state index contributed by atoms with van der Waals surface area (Å²) in [6.07, 6.45) is 1.59. The van der Waals surface area contributed by atoms with Crippen molar-refractivity contribution < 1.29 is 9.90 Å². The number of amides is 1. The highest BCUT2D eigenvalue weighted by Crippen LogP contribution is 2.24. The first-order valence-corrected chi connectivity index (χ1v) is 5.33. The summed E-state index contributed by atoms with van der Waals surface area (Å²) in [5.74, 6) is -0.307. The molecule has 3 heteroatoms. The molecule has 0 heterocycles. The van der Waals surface area contributed by atoms with Crippen LogP contribution in [-0.4, -0.2) is 17.6 Å². The molecule has 3 nitrogen and oxygen atoms in total. The summed E-state index contributed by atoms with van der Waals surface area (Å²) in [6, 6.07) is 10.9. The topological polar surface area (TPSA) is 49.3 Å². The van der Waals surface area contributed by atoms with Crippen LogP contribution in [0.3, 0.4) is 0 Å². The molecule has 17 heavy (non-hydrogen) atoms.